The molecular formula is C8H7BrClF2N. The minimum Gasteiger partial charge on any atom is -0.260 e. The zero-order chi connectivity index (χ0) is 10.0. The largest absolute Gasteiger partial charge is 0.265 e. The Morgan fingerprint density at radius 2 is 2.23 bits per heavy atom. The molecule has 0 radical (unpaired) electrons. The van der Waals surface area contributed by atoms with Gasteiger partial charge in [0.15, 0.2) is 0 Å². The lowest BCUT2D eigenvalue weighted by molar-refractivity contribution is 0.150. The van der Waals surface area contributed by atoms with Crippen LogP contribution in [-0.2, 0) is 5.33 Å². The zero-order valence-electron chi connectivity index (χ0n) is 6.82. The van der Waals surface area contributed by atoms with Crippen LogP contribution in [0.1, 0.15) is 23.2 Å². The molecule has 0 saturated carbocycles. The van der Waals surface area contributed by atoms with Crippen molar-refractivity contribution >= 4 is 27.5 Å². The molecule has 1 heterocycles. The number of hydrogen-bond donors (Lipinski definition) is 0. The first-order chi connectivity index (χ1) is 6.07. The lowest BCUT2D eigenvalue weighted by Gasteiger charge is -2.10. The smallest absolute Gasteiger partial charge is 0.260 e. The van der Waals surface area contributed by atoms with Crippen molar-refractivity contribution in [2.45, 2.75) is 18.7 Å². The molecule has 0 bridgehead atoms. The van der Waals surface area contributed by atoms with Gasteiger partial charge in [0.2, 0.25) is 0 Å². The van der Waals surface area contributed by atoms with Gasteiger partial charge >= 0.3 is 0 Å². The van der Waals surface area contributed by atoms with E-state index in [1.54, 1.807) is 6.92 Å². The molecular weight excluding hydrogens is 263 g/mol. The Bertz CT molecular complexity index is 317. The van der Waals surface area contributed by atoms with Gasteiger partial charge in [-0.3, -0.25) is 4.98 Å². The summed E-state index contributed by atoms with van der Waals surface area (Å²) in [6.07, 6.45) is -1.30. The van der Waals surface area contributed by atoms with Crippen molar-refractivity contribution in [3.05, 3.63) is 28.0 Å². The highest BCUT2D eigenvalue weighted by Gasteiger charge is 2.18. The predicted molar refractivity (Wildman–Crippen MR) is 51.6 cm³/mol. The molecule has 0 unspecified atom stereocenters. The van der Waals surface area contributed by atoms with Crippen LogP contribution in [0.25, 0.3) is 0 Å². The van der Waals surface area contributed by atoms with E-state index in [4.69, 9.17) is 11.6 Å². The summed E-state index contributed by atoms with van der Waals surface area (Å²) in [6.45, 7) is 1.68. The number of aryl methyl sites for hydroxylation is 1. The number of hydrogen-bond acceptors (Lipinski definition) is 1. The Hall–Kier alpha value is -0.220. The zero-order valence-corrected chi connectivity index (χ0v) is 9.16. The molecule has 0 aliphatic carbocycles. The van der Waals surface area contributed by atoms with Crippen LogP contribution in [-0.4, -0.2) is 4.98 Å². The number of pyridine rings is 1. The van der Waals surface area contributed by atoms with E-state index in [-0.39, 0.29) is 10.6 Å². The summed E-state index contributed by atoms with van der Waals surface area (Å²) in [5.74, 6) is 0. The number of alkyl halides is 3. The molecule has 1 aromatic rings. The first-order valence-corrected chi connectivity index (χ1v) is 5.05. The van der Waals surface area contributed by atoms with Gasteiger partial charge in [-0.25, -0.2) is 8.78 Å². The molecule has 0 amide bonds. The second kappa shape index (κ2) is 4.33. The van der Waals surface area contributed by atoms with Crippen LogP contribution in [0.15, 0.2) is 6.20 Å². The third kappa shape index (κ3) is 2.17. The van der Waals surface area contributed by atoms with Gasteiger partial charge in [-0.05, 0) is 12.5 Å². The Morgan fingerprint density at radius 3 is 2.62 bits per heavy atom. The van der Waals surface area contributed by atoms with Crippen LogP contribution in [0.3, 0.4) is 0 Å². The van der Waals surface area contributed by atoms with Gasteiger partial charge in [0.05, 0.1) is 5.02 Å². The van der Waals surface area contributed by atoms with E-state index in [9.17, 15) is 8.78 Å². The lowest BCUT2D eigenvalue weighted by Crippen LogP contribution is -1.99. The molecule has 1 rings (SSSR count). The summed E-state index contributed by atoms with van der Waals surface area (Å²) >= 11 is 8.74. The summed E-state index contributed by atoms with van der Waals surface area (Å²) in [7, 11) is 0. The van der Waals surface area contributed by atoms with E-state index >= 15 is 0 Å². The average molecular weight is 271 g/mol. The van der Waals surface area contributed by atoms with Gasteiger partial charge < -0.3 is 0 Å². The molecule has 0 spiro atoms. The Balaban J connectivity index is 3.35. The maximum Gasteiger partial charge on any atom is 0.265 e. The third-order valence-electron chi connectivity index (χ3n) is 1.74. The van der Waals surface area contributed by atoms with Crippen molar-refractivity contribution in [2.24, 2.45) is 0 Å². The second-order valence-electron chi connectivity index (χ2n) is 2.52. The number of rotatable bonds is 2. The fourth-order valence-corrected chi connectivity index (χ4v) is 2.00. The predicted octanol–water partition coefficient (Wildman–Crippen LogP) is 3.88. The van der Waals surface area contributed by atoms with Crippen molar-refractivity contribution in [3.8, 4) is 0 Å². The van der Waals surface area contributed by atoms with Crippen LogP contribution >= 0.6 is 27.5 Å². The summed E-state index contributed by atoms with van der Waals surface area (Å²) in [5.41, 5.74) is 0.935. The summed E-state index contributed by atoms with van der Waals surface area (Å²) in [4.78, 5) is 3.90. The van der Waals surface area contributed by atoms with E-state index in [0.717, 1.165) is 0 Å². The minimum absolute atomic E-state index is 0.0232. The highest BCUT2D eigenvalue weighted by atomic mass is 79.9. The minimum atomic E-state index is -2.55. The van der Waals surface area contributed by atoms with Crippen molar-refractivity contribution in [1.29, 1.82) is 0 Å². The Morgan fingerprint density at radius 1 is 1.62 bits per heavy atom. The van der Waals surface area contributed by atoms with Crippen LogP contribution in [0.2, 0.25) is 5.02 Å². The lowest BCUT2D eigenvalue weighted by atomic mass is 10.1. The van der Waals surface area contributed by atoms with Crippen molar-refractivity contribution in [1.82, 2.24) is 4.98 Å². The summed E-state index contributed by atoms with van der Waals surface area (Å²) in [6, 6.07) is 0. The van der Waals surface area contributed by atoms with E-state index in [1.165, 1.54) is 6.20 Å². The quantitative estimate of drug-likeness (QED) is 0.743. The normalized spacial score (nSPS) is 10.9. The maximum absolute atomic E-state index is 12.5. The SMILES string of the molecule is Cc1ncc(Cl)c(C(F)F)c1CBr. The summed E-state index contributed by atoms with van der Waals surface area (Å²) in [5, 5.41) is 0.363. The standard InChI is InChI=1S/C8H7BrClF2N/c1-4-5(2-9)7(8(11)12)6(10)3-13-4/h3,8H,2H2,1H3. The van der Waals surface area contributed by atoms with Gasteiger partial charge in [-0.15, -0.1) is 0 Å². The van der Waals surface area contributed by atoms with Crippen LogP contribution in [0.5, 0.6) is 0 Å². The van der Waals surface area contributed by atoms with Gasteiger partial charge in [0.25, 0.3) is 6.43 Å². The second-order valence-corrected chi connectivity index (χ2v) is 3.49. The van der Waals surface area contributed by atoms with Crippen LogP contribution in [0, 0.1) is 6.92 Å². The van der Waals surface area contributed by atoms with Crippen LogP contribution < -0.4 is 0 Å². The molecule has 0 aliphatic rings. The number of halogens is 4. The van der Waals surface area contributed by atoms with E-state index < -0.39 is 6.43 Å². The number of nitrogens with zero attached hydrogens (tertiary/aromatic N) is 1. The van der Waals surface area contributed by atoms with Gasteiger partial charge in [-0.1, -0.05) is 27.5 Å². The Labute approximate surface area is 88.2 Å². The average Bonchev–Trinajstić information content (AvgIpc) is 2.07. The molecule has 0 saturated heterocycles. The topological polar surface area (TPSA) is 12.9 Å². The fraction of sp³-hybridized carbons (Fsp3) is 0.375. The van der Waals surface area contributed by atoms with Crippen molar-refractivity contribution in [3.63, 3.8) is 0 Å². The molecule has 0 aromatic carbocycles. The monoisotopic (exact) mass is 269 g/mol. The molecule has 0 aliphatic heterocycles. The van der Waals surface area contributed by atoms with Gasteiger partial charge in [0.1, 0.15) is 0 Å². The molecule has 0 fully saturated rings. The van der Waals surface area contributed by atoms with Gasteiger partial charge in [-0.2, -0.15) is 0 Å². The van der Waals surface area contributed by atoms with E-state index in [0.29, 0.717) is 16.6 Å². The third-order valence-corrected chi connectivity index (χ3v) is 2.60. The fourth-order valence-electron chi connectivity index (χ4n) is 1.04. The summed E-state index contributed by atoms with van der Waals surface area (Å²) < 4.78 is 25.0. The van der Waals surface area contributed by atoms with E-state index in [2.05, 4.69) is 20.9 Å². The first kappa shape index (κ1) is 10.9. The molecule has 0 N–H and O–H groups in total. The highest BCUT2D eigenvalue weighted by molar-refractivity contribution is 9.08. The number of aromatic nitrogens is 1. The molecule has 1 nitrogen and oxygen atoms in total. The molecule has 5 heteroatoms. The Kier molecular flexibility index (Phi) is 3.62. The molecule has 0 atom stereocenters. The molecule has 72 valence electrons. The van der Waals surface area contributed by atoms with E-state index in [1.807, 2.05) is 0 Å². The maximum atomic E-state index is 12.5. The van der Waals surface area contributed by atoms with Crippen molar-refractivity contribution < 1.29 is 8.78 Å². The highest BCUT2D eigenvalue weighted by Crippen LogP contribution is 2.32. The van der Waals surface area contributed by atoms with Gasteiger partial charge in [0, 0.05) is 22.8 Å². The van der Waals surface area contributed by atoms with Crippen LogP contribution in [0.4, 0.5) is 8.78 Å². The molecule has 1 aromatic heterocycles. The first-order valence-electron chi connectivity index (χ1n) is 3.56. The van der Waals surface area contributed by atoms with Crippen molar-refractivity contribution in [2.75, 3.05) is 0 Å². The molecule has 13 heavy (non-hydrogen) atoms.